The maximum atomic E-state index is 13.3. The number of nitrogens with zero attached hydrogens (tertiary/aromatic N) is 2. The van der Waals surface area contributed by atoms with Crippen molar-refractivity contribution < 1.29 is 36.2 Å². The highest BCUT2D eigenvalue weighted by Crippen LogP contribution is 2.37. The molecule has 1 aromatic heterocycles. The first-order valence-corrected chi connectivity index (χ1v) is 16.5. The molecule has 2 atom stereocenters. The lowest BCUT2D eigenvalue weighted by molar-refractivity contribution is -0.0312. The van der Waals surface area contributed by atoms with Crippen LogP contribution < -0.4 is 10.1 Å². The Kier molecular flexibility index (Phi) is 8.95. The van der Waals surface area contributed by atoms with Gasteiger partial charge in [0, 0.05) is 44.4 Å². The zero-order valence-electron chi connectivity index (χ0n) is 22.8. The van der Waals surface area contributed by atoms with Crippen molar-refractivity contribution in [2.24, 2.45) is 0 Å². The van der Waals surface area contributed by atoms with Crippen LogP contribution in [0, 0.1) is 0 Å². The monoisotopic (exact) mass is 605 g/mol. The fourth-order valence-corrected chi connectivity index (χ4v) is 7.78. The molecule has 2 aliphatic heterocycles. The highest BCUT2D eigenvalue weighted by molar-refractivity contribution is 7.91. The number of aliphatic hydroxyl groups is 1. The number of fused-ring (bicyclic) bond motifs is 1. The Morgan fingerprint density at radius 2 is 1.88 bits per heavy atom. The van der Waals surface area contributed by atoms with Gasteiger partial charge in [-0.15, -0.1) is 0 Å². The summed E-state index contributed by atoms with van der Waals surface area (Å²) in [5, 5.41) is 14.5. The Labute approximate surface area is 240 Å². The molecule has 41 heavy (non-hydrogen) atoms. The summed E-state index contributed by atoms with van der Waals surface area (Å²) in [5.74, 6) is -0.0884. The van der Waals surface area contributed by atoms with Crippen LogP contribution in [-0.4, -0.2) is 94.9 Å². The largest absolute Gasteiger partial charge is 0.491 e. The predicted octanol–water partition coefficient (Wildman–Crippen LogP) is 1.95. The summed E-state index contributed by atoms with van der Waals surface area (Å²) in [6, 6.07) is 15.2. The van der Waals surface area contributed by atoms with E-state index in [-0.39, 0.29) is 29.0 Å². The van der Waals surface area contributed by atoms with Crippen molar-refractivity contribution in [2.75, 3.05) is 45.9 Å². The number of sulfonamides is 1. The summed E-state index contributed by atoms with van der Waals surface area (Å²) in [5.41, 5.74) is 0.349. The van der Waals surface area contributed by atoms with Crippen LogP contribution in [0.2, 0.25) is 0 Å². The lowest BCUT2D eigenvalue weighted by atomic mass is 9.88. The smallest absolute Gasteiger partial charge is 0.244 e. The normalized spacial score (nSPS) is 20.4. The average Bonchev–Trinajstić information content (AvgIpc) is 3.37. The van der Waals surface area contributed by atoms with Gasteiger partial charge in [0.05, 0.1) is 22.6 Å². The van der Waals surface area contributed by atoms with Gasteiger partial charge in [-0.05, 0) is 49.6 Å². The number of ether oxygens (including phenoxy) is 3. The van der Waals surface area contributed by atoms with Gasteiger partial charge >= 0.3 is 0 Å². The van der Waals surface area contributed by atoms with Gasteiger partial charge in [-0.1, -0.05) is 24.3 Å². The van der Waals surface area contributed by atoms with Gasteiger partial charge in [0.15, 0.2) is 5.94 Å². The van der Waals surface area contributed by atoms with E-state index in [2.05, 4.69) is 10.3 Å². The minimum atomic E-state index is -3.66. The first kappa shape index (κ1) is 29.8. The van der Waals surface area contributed by atoms with Gasteiger partial charge < -0.3 is 24.6 Å². The quantitative estimate of drug-likeness (QED) is 0.333. The van der Waals surface area contributed by atoms with Crippen LogP contribution in [-0.2, 0) is 29.3 Å². The standard InChI is InChI=1S/C28H35N3O8S2/c1-37-20-40(33,34)25-7-4-6-24(14-25)38-19-23(32)16-29-22-15-28(39-18-22)9-11-31(12-10-28)41(35,36)26-13-21-5-2-3-8-27(21)30-17-26/h2-8,13-14,17,22-23,29,32H,9-12,15-16,18-20H2,1H3. The van der Waals surface area contributed by atoms with E-state index in [1.54, 1.807) is 18.2 Å². The summed E-state index contributed by atoms with van der Waals surface area (Å²) in [6.07, 6.45) is 2.47. The minimum Gasteiger partial charge on any atom is -0.491 e. The van der Waals surface area contributed by atoms with Crippen LogP contribution in [0.1, 0.15) is 19.3 Å². The molecule has 0 bridgehead atoms. The van der Waals surface area contributed by atoms with Gasteiger partial charge in [-0.3, -0.25) is 4.98 Å². The molecule has 2 N–H and O–H groups in total. The third-order valence-electron chi connectivity index (χ3n) is 7.57. The molecule has 2 unspecified atom stereocenters. The Balaban J connectivity index is 1.09. The number of rotatable bonds is 11. The van der Waals surface area contributed by atoms with Crippen molar-refractivity contribution in [3.05, 3.63) is 60.8 Å². The maximum absolute atomic E-state index is 13.3. The summed E-state index contributed by atoms with van der Waals surface area (Å²) in [4.78, 5) is 4.59. The molecule has 13 heteroatoms. The molecule has 2 aliphatic rings. The highest BCUT2D eigenvalue weighted by Gasteiger charge is 2.44. The number of para-hydroxylation sites is 1. The first-order chi connectivity index (χ1) is 19.6. The molecule has 0 aliphatic carbocycles. The van der Waals surface area contributed by atoms with Crippen LogP contribution >= 0.6 is 0 Å². The molecule has 2 aromatic carbocycles. The van der Waals surface area contributed by atoms with Crippen molar-refractivity contribution >= 4 is 30.8 Å². The fourth-order valence-electron chi connectivity index (χ4n) is 5.33. The van der Waals surface area contributed by atoms with Crippen molar-refractivity contribution in [2.45, 2.75) is 46.8 Å². The number of piperidine rings is 1. The second kappa shape index (κ2) is 12.3. The van der Waals surface area contributed by atoms with Crippen LogP contribution in [0.15, 0.2) is 70.6 Å². The van der Waals surface area contributed by atoms with Crippen molar-refractivity contribution in [1.29, 1.82) is 0 Å². The molecule has 1 spiro atoms. The number of aromatic nitrogens is 1. The van der Waals surface area contributed by atoms with Crippen molar-refractivity contribution in [3.63, 3.8) is 0 Å². The lowest BCUT2D eigenvalue weighted by Crippen LogP contribution is -2.47. The molecule has 2 saturated heterocycles. The number of hydrogen-bond donors (Lipinski definition) is 2. The first-order valence-electron chi connectivity index (χ1n) is 13.5. The van der Waals surface area contributed by atoms with Gasteiger partial charge in [-0.25, -0.2) is 16.8 Å². The molecule has 0 radical (unpaired) electrons. The van der Waals surface area contributed by atoms with Gasteiger partial charge in [0.2, 0.25) is 19.9 Å². The Morgan fingerprint density at radius 3 is 2.66 bits per heavy atom. The zero-order valence-corrected chi connectivity index (χ0v) is 24.4. The second-order valence-corrected chi connectivity index (χ2v) is 14.4. The van der Waals surface area contributed by atoms with Crippen LogP contribution in [0.25, 0.3) is 10.9 Å². The third kappa shape index (κ3) is 6.88. The van der Waals surface area contributed by atoms with E-state index in [4.69, 9.17) is 14.2 Å². The third-order valence-corrected chi connectivity index (χ3v) is 11.0. The van der Waals surface area contributed by atoms with E-state index in [9.17, 15) is 21.9 Å². The summed E-state index contributed by atoms with van der Waals surface area (Å²) in [6.45, 7) is 1.43. The summed E-state index contributed by atoms with van der Waals surface area (Å²) < 4.78 is 69.0. The number of benzene rings is 2. The number of nitrogens with one attached hydrogen (secondary N) is 1. The van der Waals surface area contributed by atoms with Crippen LogP contribution in [0.3, 0.4) is 0 Å². The molecule has 5 rings (SSSR count). The summed E-state index contributed by atoms with van der Waals surface area (Å²) in [7, 11) is -5.92. The number of pyridine rings is 1. The molecule has 3 heterocycles. The Bertz CT molecular complexity index is 1570. The van der Waals surface area contributed by atoms with Crippen molar-refractivity contribution in [1.82, 2.24) is 14.6 Å². The van der Waals surface area contributed by atoms with E-state index < -0.39 is 37.5 Å². The SMILES string of the molecule is COCS(=O)(=O)c1cccc(OCC(O)CNC2COC3(CCN(S(=O)(=O)c4cnc5ccccc5c4)CC3)C2)c1. The molecular formula is C28H35N3O8S2. The Morgan fingerprint density at radius 1 is 1.10 bits per heavy atom. The van der Waals surface area contributed by atoms with Crippen LogP contribution in [0.4, 0.5) is 0 Å². The lowest BCUT2D eigenvalue weighted by Gasteiger charge is -2.38. The summed E-state index contributed by atoms with van der Waals surface area (Å²) >= 11 is 0. The van der Waals surface area contributed by atoms with Gasteiger partial charge in [0.25, 0.3) is 0 Å². The predicted molar refractivity (Wildman–Crippen MR) is 152 cm³/mol. The molecule has 2 fully saturated rings. The molecule has 3 aromatic rings. The number of aliphatic hydroxyl groups excluding tert-OH is 1. The highest BCUT2D eigenvalue weighted by atomic mass is 32.2. The van der Waals surface area contributed by atoms with E-state index in [0.717, 1.165) is 10.9 Å². The molecule has 11 nitrogen and oxygen atoms in total. The van der Waals surface area contributed by atoms with E-state index in [0.29, 0.717) is 44.7 Å². The molecule has 0 amide bonds. The molecule has 222 valence electrons. The topological polar surface area (TPSA) is 144 Å². The molecule has 0 saturated carbocycles. The number of sulfone groups is 1. The molecular weight excluding hydrogens is 570 g/mol. The number of methoxy groups -OCH3 is 1. The van der Waals surface area contributed by atoms with Gasteiger partial charge in [-0.2, -0.15) is 4.31 Å². The van der Waals surface area contributed by atoms with Crippen LogP contribution in [0.5, 0.6) is 5.75 Å². The zero-order chi connectivity index (χ0) is 29.1. The average molecular weight is 606 g/mol. The second-order valence-electron chi connectivity index (χ2n) is 10.5. The maximum Gasteiger partial charge on any atom is 0.244 e. The van der Waals surface area contributed by atoms with E-state index in [1.807, 2.05) is 24.3 Å². The van der Waals surface area contributed by atoms with E-state index >= 15 is 0 Å². The van der Waals surface area contributed by atoms with Gasteiger partial charge in [0.1, 0.15) is 23.4 Å². The van der Waals surface area contributed by atoms with Crippen molar-refractivity contribution in [3.8, 4) is 5.75 Å². The number of hydrogen-bond acceptors (Lipinski definition) is 10. The van der Waals surface area contributed by atoms with E-state index in [1.165, 1.54) is 29.7 Å². The fraction of sp³-hybridized carbons (Fsp3) is 0.464. The Hall–Kier alpha value is -2.65. The minimum absolute atomic E-state index is 0.0139.